The zero-order chi connectivity index (χ0) is 16.7. The summed E-state index contributed by atoms with van der Waals surface area (Å²) in [4.78, 5) is 19.0. The van der Waals surface area contributed by atoms with Gasteiger partial charge in [-0.3, -0.25) is 4.79 Å². The number of halogens is 1. The molecule has 1 fully saturated rings. The van der Waals surface area contributed by atoms with Crippen LogP contribution in [-0.4, -0.2) is 33.6 Å². The molecule has 2 aliphatic heterocycles. The molecule has 3 heterocycles. The largest absolute Gasteiger partial charge is 0.480 e. The number of fused-ring (bicyclic) bond motifs is 1. The van der Waals surface area contributed by atoms with Crippen LogP contribution in [0.3, 0.4) is 0 Å². The molecule has 2 aliphatic rings. The Labute approximate surface area is 138 Å². The van der Waals surface area contributed by atoms with Gasteiger partial charge in [0, 0.05) is 24.9 Å². The number of benzene rings is 1. The Hall–Kier alpha value is -2.44. The van der Waals surface area contributed by atoms with Gasteiger partial charge in [-0.2, -0.15) is 4.98 Å². The van der Waals surface area contributed by atoms with Gasteiger partial charge >= 0.3 is 0 Å². The molecule has 4 rings (SSSR count). The van der Waals surface area contributed by atoms with Crippen LogP contribution >= 0.6 is 0 Å². The smallest absolute Gasteiger partial charge is 0.264 e. The van der Waals surface area contributed by atoms with E-state index < -0.39 is 6.10 Å². The number of hydrogen-bond donors (Lipinski definition) is 0. The number of nitrogens with zero attached hydrogens (tertiary/aromatic N) is 3. The van der Waals surface area contributed by atoms with Crippen LogP contribution in [0.15, 0.2) is 22.7 Å². The molecule has 7 heteroatoms. The predicted molar refractivity (Wildman–Crippen MR) is 81.9 cm³/mol. The van der Waals surface area contributed by atoms with E-state index in [0.717, 1.165) is 18.4 Å². The predicted octanol–water partition coefficient (Wildman–Crippen LogP) is 2.44. The molecule has 0 radical (unpaired) electrons. The maximum atomic E-state index is 13.3. The molecule has 0 aliphatic carbocycles. The van der Waals surface area contributed by atoms with Gasteiger partial charge in [0.05, 0.1) is 6.04 Å². The lowest BCUT2D eigenvalue weighted by atomic mass is 10.1. The topological polar surface area (TPSA) is 68.5 Å². The van der Waals surface area contributed by atoms with Crippen molar-refractivity contribution in [3.8, 4) is 5.75 Å². The van der Waals surface area contributed by atoms with Crippen molar-refractivity contribution in [1.29, 1.82) is 0 Å². The highest BCUT2D eigenvalue weighted by molar-refractivity contribution is 5.83. The van der Waals surface area contributed by atoms with Crippen LogP contribution < -0.4 is 4.74 Å². The first kappa shape index (κ1) is 15.1. The summed E-state index contributed by atoms with van der Waals surface area (Å²) >= 11 is 0. The lowest BCUT2D eigenvalue weighted by molar-refractivity contribution is -0.139. The zero-order valence-corrected chi connectivity index (χ0v) is 13.4. The first-order chi connectivity index (χ1) is 11.7. The first-order valence-corrected chi connectivity index (χ1v) is 8.23. The molecular weight excluding hydrogens is 313 g/mol. The summed E-state index contributed by atoms with van der Waals surface area (Å²) in [7, 11) is 0. The second-order valence-electron chi connectivity index (χ2n) is 6.15. The summed E-state index contributed by atoms with van der Waals surface area (Å²) in [5.74, 6) is 1.29. The second-order valence-corrected chi connectivity index (χ2v) is 6.15. The first-order valence-electron chi connectivity index (χ1n) is 8.23. The SMILES string of the molecule is CCc1nc([C@H]2CCCN2C(=O)[C@@H]2Cc3cc(F)ccc3O2)no1. The molecule has 1 amide bonds. The van der Waals surface area contributed by atoms with Crippen LogP contribution in [0.25, 0.3) is 0 Å². The summed E-state index contributed by atoms with van der Waals surface area (Å²) in [6, 6.07) is 4.17. The Morgan fingerprint density at radius 2 is 2.33 bits per heavy atom. The standard InChI is InChI=1S/C17H18FN3O3/c1-2-15-19-16(20-24-15)12-4-3-7-21(12)17(22)14-9-10-8-11(18)5-6-13(10)23-14/h5-6,8,12,14H,2-4,7,9H2,1H3/t12-,14+/m1/s1. The fourth-order valence-electron chi connectivity index (χ4n) is 3.39. The van der Waals surface area contributed by atoms with E-state index in [1.54, 1.807) is 11.0 Å². The maximum absolute atomic E-state index is 13.3. The normalized spacial score (nSPS) is 22.5. The third-order valence-corrected chi connectivity index (χ3v) is 4.59. The van der Waals surface area contributed by atoms with Crippen molar-refractivity contribution in [1.82, 2.24) is 15.0 Å². The molecule has 0 saturated carbocycles. The number of aryl methyl sites for hydroxylation is 1. The highest BCUT2D eigenvalue weighted by Gasteiger charge is 2.39. The number of ether oxygens (including phenoxy) is 1. The Kier molecular flexibility index (Phi) is 3.70. The summed E-state index contributed by atoms with van der Waals surface area (Å²) in [6.07, 6.45) is 2.14. The number of amides is 1. The molecule has 6 nitrogen and oxygen atoms in total. The van der Waals surface area contributed by atoms with Crippen molar-refractivity contribution in [3.05, 3.63) is 41.3 Å². The Bertz CT molecular complexity index is 776. The number of carbonyl (C=O) groups excluding carboxylic acids is 1. The van der Waals surface area contributed by atoms with Crippen molar-refractivity contribution in [2.75, 3.05) is 6.54 Å². The van der Waals surface area contributed by atoms with E-state index in [0.29, 0.717) is 36.9 Å². The number of likely N-dealkylation sites (tertiary alicyclic amines) is 1. The van der Waals surface area contributed by atoms with E-state index in [2.05, 4.69) is 10.1 Å². The van der Waals surface area contributed by atoms with Crippen molar-refractivity contribution in [2.45, 2.75) is 44.8 Å². The van der Waals surface area contributed by atoms with Gasteiger partial charge in [0.25, 0.3) is 5.91 Å². The molecule has 0 spiro atoms. The molecule has 2 aromatic rings. The number of hydrogen-bond acceptors (Lipinski definition) is 5. The molecule has 0 N–H and O–H groups in total. The van der Waals surface area contributed by atoms with Gasteiger partial charge in [0.15, 0.2) is 11.9 Å². The van der Waals surface area contributed by atoms with Gasteiger partial charge in [-0.25, -0.2) is 4.39 Å². The highest BCUT2D eigenvalue weighted by Crippen LogP contribution is 2.35. The van der Waals surface area contributed by atoms with Gasteiger partial charge < -0.3 is 14.2 Å². The Morgan fingerprint density at radius 3 is 3.12 bits per heavy atom. The van der Waals surface area contributed by atoms with Crippen LogP contribution in [0.2, 0.25) is 0 Å². The summed E-state index contributed by atoms with van der Waals surface area (Å²) in [5.41, 5.74) is 0.733. The second kappa shape index (κ2) is 5.89. The molecule has 1 saturated heterocycles. The molecule has 24 heavy (non-hydrogen) atoms. The van der Waals surface area contributed by atoms with Crippen LogP contribution in [-0.2, 0) is 17.6 Å². The molecular formula is C17H18FN3O3. The lowest BCUT2D eigenvalue weighted by Gasteiger charge is -2.25. The average Bonchev–Trinajstić information content (AvgIpc) is 3.31. The quantitative estimate of drug-likeness (QED) is 0.864. The van der Waals surface area contributed by atoms with Gasteiger partial charge in [-0.15, -0.1) is 0 Å². The van der Waals surface area contributed by atoms with E-state index in [9.17, 15) is 9.18 Å². The van der Waals surface area contributed by atoms with Gasteiger partial charge in [0.1, 0.15) is 11.6 Å². The van der Waals surface area contributed by atoms with E-state index in [-0.39, 0.29) is 17.8 Å². The minimum Gasteiger partial charge on any atom is -0.480 e. The van der Waals surface area contributed by atoms with E-state index >= 15 is 0 Å². The third-order valence-electron chi connectivity index (χ3n) is 4.59. The number of aromatic nitrogens is 2. The monoisotopic (exact) mass is 331 g/mol. The minimum absolute atomic E-state index is 0.100. The zero-order valence-electron chi connectivity index (χ0n) is 13.4. The van der Waals surface area contributed by atoms with Gasteiger partial charge in [-0.05, 0) is 31.0 Å². The molecule has 1 aromatic heterocycles. The van der Waals surface area contributed by atoms with Crippen molar-refractivity contribution in [2.24, 2.45) is 0 Å². The molecule has 126 valence electrons. The van der Waals surface area contributed by atoms with Crippen molar-refractivity contribution in [3.63, 3.8) is 0 Å². The molecule has 1 aromatic carbocycles. The molecule has 0 unspecified atom stereocenters. The lowest BCUT2D eigenvalue weighted by Crippen LogP contribution is -2.41. The van der Waals surface area contributed by atoms with Crippen LogP contribution in [0.4, 0.5) is 4.39 Å². The third kappa shape index (κ3) is 2.53. The van der Waals surface area contributed by atoms with Crippen LogP contribution in [0.1, 0.15) is 43.1 Å². The Balaban J connectivity index is 1.52. The van der Waals surface area contributed by atoms with Crippen LogP contribution in [0, 0.1) is 5.82 Å². The highest BCUT2D eigenvalue weighted by atomic mass is 19.1. The van der Waals surface area contributed by atoms with Gasteiger partial charge in [0.2, 0.25) is 5.89 Å². The van der Waals surface area contributed by atoms with Gasteiger partial charge in [-0.1, -0.05) is 12.1 Å². The summed E-state index contributed by atoms with van der Waals surface area (Å²) in [5, 5.41) is 4.01. The molecule has 0 bridgehead atoms. The summed E-state index contributed by atoms with van der Waals surface area (Å²) in [6.45, 7) is 2.58. The van der Waals surface area contributed by atoms with Crippen LogP contribution in [0.5, 0.6) is 5.75 Å². The van der Waals surface area contributed by atoms with Crippen molar-refractivity contribution < 1.29 is 18.4 Å². The van der Waals surface area contributed by atoms with E-state index in [4.69, 9.17) is 9.26 Å². The van der Waals surface area contributed by atoms with E-state index in [1.807, 2.05) is 6.92 Å². The average molecular weight is 331 g/mol. The summed E-state index contributed by atoms with van der Waals surface area (Å²) < 4.78 is 24.2. The molecule has 2 atom stereocenters. The maximum Gasteiger partial charge on any atom is 0.264 e. The fourth-order valence-corrected chi connectivity index (χ4v) is 3.39. The van der Waals surface area contributed by atoms with E-state index in [1.165, 1.54) is 12.1 Å². The number of carbonyl (C=O) groups is 1. The van der Waals surface area contributed by atoms with Crippen molar-refractivity contribution >= 4 is 5.91 Å². The Morgan fingerprint density at radius 1 is 1.46 bits per heavy atom. The fraction of sp³-hybridized carbons (Fsp3) is 0.471. The number of rotatable bonds is 3. The minimum atomic E-state index is -0.611.